The van der Waals surface area contributed by atoms with Crippen LogP contribution in [0, 0.1) is 11.7 Å². The van der Waals surface area contributed by atoms with E-state index in [4.69, 9.17) is 4.74 Å². The molecule has 1 atom stereocenters. The Kier molecular flexibility index (Phi) is 7.53. The van der Waals surface area contributed by atoms with E-state index >= 15 is 0 Å². The van der Waals surface area contributed by atoms with Gasteiger partial charge in [0.25, 0.3) is 0 Å². The van der Waals surface area contributed by atoms with Crippen molar-refractivity contribution in [2.24, 2.45) is 5.92 Å². The molecule has 37 heavy (non-hydrogen) atoms. The van der Waals surface area contributed by atoms with Gasteiger partial charge in [-0.25, -0.2) is 22.5 Å². The lowest BCUT2D eigenvalue weighted by Crippen LogP contribution is -2.44. The van der Waals surface area contributed by atoms with Crippen LogP contribution in [0.5, 0.6) is 5.88 Å². The zero-order valence-corrected chi connectivity index (χ0v) is 20.5. The molecule has 2 aromatic heterocycles. The number of hydrogen-bond donors (Lipinski definition) is 1. The Labute approximate surface area is 210 Å². The van der Waals surface area contributed by atoms with Crippen LogP contribution in [0.25, 0.3) is 5.69 Å². The minimum absolute atomic E-state index is 0.00635. The number of halogens is 4. The number of methoxy groups -OCH3 is 1. The van der Waals surface area contributed by atoms with Crippen LogP contribution in [-0.4, -0.2) is 48.0 Å². The fraction of sp³-hybridized carbons (Fsp3) is 0.375. The first-order chi connectivity index (χ1) is 17.5. The topological polar surface area (TPSA) is 103 Å². The molecule has 8 nitrogen and oxygen atoms in total. The number of benzene rings is 1. The number of pyridine rings is 1. The molecule has 1 N–H and O–H groups in total. The molecule has 198 valence electrons. The van der Waals surface area contributed by atoms with E-state index in [1.807, 2.05) is 0 Å². The van der Waals surface area contributed by atoms with Crippen LogP contribution in [0.1, 0.15) is 30.5 Å². The standard InChI is InChI=1S/C24H24F4N4O4S/c1-36-23-16(14-32(31-23)18-7-10-21(29-12-18)24(26,27)28)11-22(33)30-13-20(15-3-2-4-15)37(34,35)19-8-5-17(25)6-9-19/h5-10,12,14-15,20H,2-4,11,13H2,1H3,(H,30,33)/t20-/m0/s1. The van der Waals surface area contributed by atoms with Crippen molar-refractivity contribution in [1.29, 1.82) is 0 Å². The van der Waals surface area contributed by atoms with Crippen LogP contribution in [-0.2, 0) is 27.2 Å². The van der Waals surface area contributed by atoms with Crippen LogP contribution in [0.2, 0.25) is 0 Å². The number of carbonyl (C=O) groups is 1. The Morgan fingerprint density at radius 3 is 2.43 bits per heavy atom. The van der Waals surface area contributed by atoms with Gasteiger partial charge in [0.15, 0.2) is 9.84 Å². The van der Waals surface area contributed by atoms with Crippen LogP contribution in [0.15, 0.2) is 53.7 Å². The average molecular weight is 541 g/mol. The van der Waals surface area contributed by atoms with Crippen molar-refractivity contribution >= 4 is 15.7 Å². The molecule has 3 aromatic rings. The molecule has 0 saturated heterocycles. The van der Waals surface area contributed by atoms with Gasteiger partial charge in [0.05, 0.1) is 35.6 Å². The highest BCUT2D eigenvalue weighted by molar-refractivity contribution is 7.92. The summed E-state index contributed by atoms with van der Waals surface area (Å²) < 4.78 is 84.5. The summed E-state index contributed by atoms with van der Waals surface area (Å²) in [6.07, 6.45) is -0.0327. The molecule has 1 aliphatic carbocycles. The second kappa shape index (κ2) is 10.5. The Hall–Kier alpha value is -3.48. The SMILES string of the molecule is COc1nn(-c2ccc(C(F)(F)F)nc2)cc1CC(=O)NC[C@@H](C1CCC1)S(=O)(=O)c1ccc(F)cc1. The first-order valence-corrected chi connectivity index (χ1v) is 13.0. The van der Waals surface area contributed by atoms with Crippen LogP contribution < -0.4 is 10.1 Å². The van der Waals surface area contributed by atoms with Crippen molar-refractivity contribution in [3.63, 3.8) is 0 Å². The Balaban J connectivity index is 1.46. The summed E-state index contributed by atoms with van der Waals surface area (Å²) >= 11 is 0. The summed E-state index contributed by atoms with van der Waals surface area (Å²) in [6.45, 7) is -0.123. The van der Waals surface area contributed by atoms with E-state index < -0.39 is 38.7 Å². The maximum atomic E-state index is 13.3. The fourth-order valence-corrected chi connectivity index (χ4v) is 6.05. The summed E-state index contributed by atoms with van der Waals surface area (Å²) in [6, 6.07) is 6.60. The highest BCUT2D eigenvalue weighted by atomic mass is 32.2. The molecule has 1 aromatic carbocycles. The summed E-state index contributed by atoms with van der Waals surface area (Å²) in [5.41, 5.74) is -0.471. The molecule has 13 heteroatoms. The van der Waals surface area contributed by atoms with E-state index in [-0.39, 0.29) is 35.3 Å². The normalized spacial score (nSPS) is 15.2. The van der Waals surface area contributed by atoms with Crippen molar-refractivity contribution < 1.29 is 35.5 Å². The van der Waals surface area contributed by atoms with E-state index in [1.54, 1.807) is 0 Å². The molecule has 1 fully saturated rings. The number of alkyl halides is 3. The number of sulfone groups is 1. The Morgan fingerprint density at radius 1 is 1.19 bits per heavy atom. The fourth-order valence-electron chi connectivity index (χ4n) is 4.10. The van der Waals surface area contributed by atoms with E-state index in [0.717, 1.165) is 30.8 Å². The number of rotatable bonds is 9. The first kappa shape index (κ1) is 26.6. The van der Waals surface area contributed by atoms with Gasteiger partial charge in [-0.1, -0.05) is 6.42 Å². The summed E-state index contributed by atoms with van der Waals surface area (Å²) in [4.78, 5) is 16.1. The van der Waals surface area contributed by atoms with Crippen molar-refractivity contribution in [1.82, 2.24) is 20.1 Å². The van der Waals surface area contributed by atoms with Crippen molar-refractivity contribution in [3.05, 3.63) is 65.9 Å². The molecule has 0 spiro atoms. The van der Waals surface area contributed by atoms with Crippen LogP contribution in [0.3, 0.4) is 0 Å². The predicted molar refractivity (Wildman–Crippen MR) is 124 cm³/mol. The van der Waals surface area contributed by atoms with Crippen molar-refractivity contribution in [2.75, 3.05) is 13.7 Å². The molecule has 0 unspecified atom stereocenters. The highest BCUT2D eigenvalue weighted by Crippen LogP contribution is 2.35. The van der Waals surface area contributed by atoms with Gasteiger partial charge >= 0.3 is 6.18 Å². The third-order valence-electron chi connectivity index (χ3n) is 6.32. The molecule has 0 bridgehead atoms. The zero-order valence-electron chi connectivity index (χ0n) is 19.7. The number of nitrogens with one attached hydrogen (secondary N) is 1. The van der Waals surface area contributed by atoms with Crippen LogP contribution in [0.4, 0.5) is 17.6 Å². The number of aromatic nitrogens is 3. The highest BCUT2D eigenvalue weighted by Gasteiger charge is 2.38. The Bertz CT molecular complexity index is 1350. The molecule has 0 radical (unpaired) electrons. The van der Waals surface area contributed by atoms with E-state index in [0.29, 0.717) is 18.4 Å². The van der Waals surface area contributed by atoms with Gasteiger partial charge in [-0.3, -0.25) is 4.79 Å². The van der Waals surface area contributed by atoms with E-state index in [9.17, 15) is 30.8 Å². The monoisotopic (exact) mass is 540 g/mol. The van der Waals surface area contributed by atoms with Crippen molar-refractivity contribution in [2.45, 2.75) is 42.0 Å². The Morgan fingerprint density at radius 2 is 1.89 bits per heavy atom. The lowest BCUT2D eigenvalue weighted by molar-refractivity contribution is -0.141. The minimum atomic E-state index is -4.58. The smallest absolute Gasteiger partial charge is 0.433 e. The number of hydrogen-bond acceptors (Lipinski definition) is 6. The van der Waals surface area contributed by atoms with Gasteiger partial charge in [0.1, 0.15) is 11.5 Å². The molecule has 4 rings (SSSR count). The third kappa shape index (κ3) is 5.92. The number of nitrogens with zero attached hydrogens (tertiary/aromatic N) is 3. The summed E-state index contributed by atoms with van der Waals surface area (Å²) in [7, 11) is -2.48. The van der Waals surface area contributed by atoms with Gasteiger partial charge in [0, 0.05) is 18.3 Å². The molecule has 1 saturated carbocycles. The number of carbonyl (C=O) groups excluding carboxylic acids is 1. The van der Waals surface area contributed by atoms with E-state index in [2.05, 4.69) is 15.4 Å². The molecule has 2 heterocycles. The molecular formula is C24H24F4N4O4S. The second-order valence-corrected chi connectivity index (χ2v) is 10.9. The maximum Gasteiger partial charge on any atom is 0.433 e. The van der Waals surface area contributed by atoms with Gasteiger partial charge in [-0.15, -0.1) is 5.10 Å². The molecule has 0 aliphatic heterocycles. The number of amides is 1. The van der Waals surface area contributed by atoms with Crippen molar-refractivity contribution in [3.8, 4) is 11.6 Å². The summed E-state index contributed by atoms with van der Waals surface area (Å²) in [5, 5.41) is 5.95. The van der Waals surface area contributed by atoms with Gasteiger partial charge in [-0.05, 0) is 55.2 Å². The van der Waals surface area contributed by atoms with Gasteiger partial charge in [0.2, 0.25) is 11.8 Å². The average Bonchev–Trinajstić information content (AvgIpc) is 3.22. The minimum Gasteiger partial charge on any atom is -0.480 e. The third-order valence-corrected chi connectivity index (χ3v) is 8.59. The second-order valence-electron chi connectivity index (χ2n) is 8.72. The zero-order chi connectivity index (χ0) is 26.8. The summed E-state index contributed by atoms with van der Waals surface area (Å²) in [5.74, 6) is -1.07. The van der Waals surface area contributed by atoms with Gasteiger partial charge in [-0.2, -0.15) is 13.2 Å². The van der Waals surface area contributed by atoms with Crippen LogP contribution >= 0.6 is 0 Å². The van der Waals surface area contributed by atoms with E-state index in [1.165, 1.54) is 36.2 Å². The molecular weight excluding hydrogens is 516 g/mol. The quantitative estimate of drug-likeness (QED) is 0.328. The lowest BCUT2D eigenvalue weighted by Gasteiger charge is -2.33. The molecule has 1 amide bonds. The molecule has 1 aliphatic rings. The largest absolute Gasteiger partial charge is 0.480 e. The predicted octanol–water partition coefficient (Wildman–Crippen LogP) is 3.74. The van der Waals surface area contributed by atoms with Gasteiger partial charge < -0.3 is 10.1 Å². The lowest BCUT2D eigenvalue weighted by atomic mass is 9.82. The number of ether oxygens (including phenoxy) is 1. The first-order valence-electron chi connectivity index (χ1n) is 11.4. The maximum absolute atomic E-state index is 13.3.